The van der Waals surface area contributed by atoms with Gasteiger partial charge in [0.1, 0.15) is 17.2 Å². The normalized spacial score (nSPS) is 27.7. The number of rotatable bonds is 2. The zero-order chi connectivity index (χ0) is 12.6. The van der Waals surface area contributed by atoms with E-state index in [0.717, 1.165) is 0 Å². The van der Waals surface area contributed by atoms with E-state index in [-0.39, 0.29) is 5.82 Å². The van der Waals surface area contributed by atoms with Gasteiger partial charge >= 0.3 is 5.69 Å². The van der Waals surface area contributed by atoms with Crippen molar-refractivity contribution in [3.05, 3.63) is 34.6 Å². The van der Waals surface area contributed by atoms with Crippen LogP contribution in [0.5, 0.6) is 0 Å². The molecule has 17 heavy (non-hydrogen) atoms. The maximum Gasteiger partial charge on any atom is 0.352 e. The number of nitrogens with zero attached hydrogens (tertiary/aromatic N) is 2. The molecule has 2 heterocycles. The lowest BCUT2D eigenvalue weighted by atomic mass is 10.1. The Morgan fingerprint density at radius 1 is 1.76 bits per heavy atom. The van der Waals surface area contributed by atoms with E-state index >= 15 is 0 Å². The van der Waals surface area contributed by atoms with Crippen LogP contribution in [0.3, 0.4) is 0 Å². The molecule has 1 aromatic rings. The van der Waals surface area contributed by atoms with Crippen molar-refractivity contribution in [1.82, 2.24) is 9.55 Å². The monoisotopic (exact) mass is 349 g/mol. The van der Waals surface area contributed by atoms with E-state index in [9.17, 15) is 9.90 Å². The van der Waals surface area contributed by atoms with E-state index < -0.39 is 17.5 Å². The Morgan fingerprint density at radius 3 is 3.00 bits per heavy atom. The van der Waals surface area contributed by atoms with E-state index in [2.05, 4.69) is 27.6 Å². The van der Waals surface area contributed by atoms with E-state index in [1.807, 2.05) is 0 Å². The first-order chi connectivity index (χ1) is 7.94. The molecule has 1 aromatic heterocycles. The molecular formula is C10H12IN3O3. The van der Waals surface area contributed by atoms with Crippen LogP contribution < -0.4 is 11.4 Å². The molecular weight excluding hydrogens is 337 g/mol. The summed E-state index contributed by atoms with van der Waals surface area (Å²) < 4.78 is 7.37. The topological polar surface area (TPSA) is 90.4 Å². The van der Waals surface area contributed by atoms with Gasteiger partial charge in [-0.3, -0.25) is 4.57 Å². The molecule has 0 fully saturated rings. The van der Waals surface area contributed by atoms with Gasteiger partial charge in [-0.25, -0.2) is 4.79 Å². The second kappa shape index (κ2) is 4.30. The highest BCUT2D eigenvalue weighted by Gasteiger charge is 2.40. The molecule has 1 aliphatic rings. The Hall–Kier alpha value is -1.09. The van der Waals surface area contributed by atoms with Gasteiger partial charge in [0.05, 0.1) is 4.43 Å². The molecule has 0 aliphatic carbocycles. The lowest BCUT2D eigenvalue weighted by Gasteiger charge is -2.25. The first-order valence-electron chi connectivity index (χ1n) is 4.95. The number of hydrogen-bond donors (Lipinski definition) is 2. The minimum Gasteiger partial charge on any atom is -0.470 e. The van der Waals surface area contributed by atoms with Crippen molar-refractivity contribution >= 4 is 28.4 Å². The molecule has 0 saturated carbocycles. The standard InChI is InChI=1S/C10H12IN3O3/c1-10(16)4-6(5-11)17-8(10)14-3-2-7(12)13-9(14)15/h2-4,8,16H,5H2,1H3,(H2,12,13,15)/t8-,10+/m1/s1. The molecule has 0 amide bonds. The van der Waals surface area contributed by atoms with Gasteiger partial charge in [0.25, 0.3) is 0 Å². The highest BCUT2D eigenvalue weighted by atomic mass is 127. The van der Waals surface area contributed by atoms with Gasteiger partial charge in [0.2, 0.25) is 6.23 Å². The van der Waals surface area contributed by atoms with Crippen molar-refractivity contribution in [1.29, 1.82) is 0 Å². The molecule has 0 unspecified atom stereocenters. The summed E-state index contributed by atoms with van der Waals surface area (Å²) in [7, 11) is 0. The highest BCUT2D eigenvalue weighted by molar-refractivity contribution is 14.1. The molecule has 1 aliphatic heterocycles. The van der Waals surface area contributed by atoms with Crippen LogP contribution in [0.15, 0.2) is 28.9 Å². The SMILES string of the molecule is C[C@]1(O)C=C(CI)O[C@H]1n1ccc(N)nc1=O. The largest absolute Gasteiger partial charge is 0.470 e. The fraction of sp³-hybridized carbons (Fsp3) is 0.400. The van der Waals surface area contributed by atoms with Gasteiger partial charge < -0.3 is 15.6 Å². The number of nitrogens with two attached hydrogens (primary N) is 1. The lowest BCUT2D eigenvalue weighted by molar-refractivity contribution is -0.0603. The number of halogens is 1. The second-order valence-electron chi connectivity index (χ2n) is 3.98. The minimum absolute atomic E-state index is 0.144. The van der Waals surface area contributed by atoms with E-state index in [4.69, 9.17) is 10.5 Å². The predicted molar refractivity (Wildman–Crippen MR) is 70.6 cm³/mol. The fourth-order valence-corrected chi connectivity index (χ4v) is 2.11. The number of aromatic nitrogens is 2. The molecule has 0 aromatic carbocycles. The maximum atomic E-state index is 11.7. The first-order valence-corrected chi connectivity index (χ1v) is 6.48. The summed E-state index contributed by atoms with van der Waals surface area (Å²) in [6.07, 6.45) is 2.27. The summed E-state index contributed by atoms with van der Waals surface area (Å²) in [5.74, 6) is 0.787. The summed E-state index contributed by atoms with van der Waals surface area (Å²) in [6.45, 7) is 1.58. The molecule has 7 heteroatoms. The first kappa shape index (κ1) is 12.4. The van der Waals surface area contributed by atoms with Crippen molar-refractivity contribution in [2.75, 3.05) is 10.2 Å². The van der Waals surface area contributed by atoms with E-state index in [0.29, 0.717) is 10.2 Å². The lowest BCUT2D eigenvalue weighted by Crippen LogP contribution is -2.38. The molecule has 92 valence electrons. The summed E-state index contributed by atoms with van der Waals surface area (Å²) in [6, 6.07) is 1.49. The number of aliphatic hydroxyl groups is 1. The van der Waals surface area contributed by atoms with E-state index in [1.54, 1.807) is 13.0 Å². The van der Waals surface area contributed by atoms with Crippen LogP contribution in [0.25, 0.3) is 0 Å². The van der Waals surface area contributed by atoms with Gasteiger partial charge in [0, 0.05) is 6.20 Å². The molecule has 0 radical (unpaired) electrons. The van der Waals surface area contributed by atoms with E-state index in [1.165, 1.54) is 16.8 Å². The van der Waals surface area contributed by atoms with Crippen LogP contribution in [0.1, 0.15) is 13.2 Å². The highest BCUT2D eigenvalue weighted by Crippen LogP contribution is 2.34. The number of allylic oxidation sites excluding steroid dienone is 1. The summed E-state index contributed by atoms with van der Waals surface area (Å²) in [5.41, 5.74) is 3.63. The molecule has 0 bridgehead atoms. The van der Waals surface area contributed by atoms with Crippen molar-refractivity contribution < 1.29 is 9.84 Å². The number of alkyl halides is 1. The van der Waals surface area contributed by atoms with Crippen LogP contribution in [0.2, 0.25) is 0 Å². The number of hydrogen-bond acceptors (Lipinski definition) is 5. The number of ether oxygens (including phenoxy) is 1. The quantitative estimate of drug-likeness (QED) is 0.597. The van der Waals surface area contributed by atoms with Crippen LogP contribution in [-0.2, 0) is 4.74 Å². The summed E-state index contributed by atoms with van der Waals surface area (Å²) in [4.78, 5) is 15.3. The van der Waals surface area contributed by atoms with Crippen molar-refractivity contribution in [2.45, 2.75) is 18.8 Å². The molecule has 2 atom stereocenters. The molecule has 2 rings (SSSR count). The second-order valence-corrected chi connectivity index (χ2v) is 4.75. The third-order valence-electron chi connectivity index (χ3n) is 2.45. The predicted octanol–water partition coefficient (Wildman–Crippen LogP) is 0.424. The van der Waals surface area contributed by atoms with Crippen LogP contribution in [0.4, 0.5) is 5.82 Å². The van der Waals surface area contributed by atoms with Gasteiger partial charge in [-0.15, -0.1) is 0 Å². The smallest absolute Gasteiger partial charge is 0.352 e. The minimum atomic E-state index is -1.23. The zero-order valence-electron chi connectivity index (χ0n) is 9.13. The van der Waals surface area contributed by atoms with Crippen molar-refractivity contribution in [3.8, 4) is 0 Å². The van der Waals surface area contributed by atoms with Crippen LogP contribution in [-0.4, -0.2) is 24.7 Å². The van der Waals surface area contributed by atoms with Crippen molar-refractivity contribution in [3.63, 3.8) is 0 Å². The average Bonchev–Trinajstić information content (AvgIpc) is 2.54. The Kier molecular flexibility index (Phi) is 3.13. The van der Waals surface area contributed by atoms with Gasteiger partial charge in [-0.05, 0) is 19.1 Å². The Labute approximate surface area is 111 Å². The van der Waals surface area contributed by atoms with Crippen LogP contribution in [0, 0.1) is 0 Å². The van der Waals surface area contributed by atoms with Crippen molar-refractivity contribution in [2.24, 2.45) is 0 Å². The molecule has 6 nitrogen and oxygen atoms in total. The summed E-state index contributed by atoms with van der Waals surface area (Å²) >= 11 is 2.12. The number of anilines is 1. The van der Waals surface area contributed by atoms with Gasteiger partial charge in [-0.2, -0.15) is 4.98 Å². The Morgan fingerprint density at radius 2 is 2.47 bits per heavy atom. The molecule has 0 spiro atoms. The Balaban J connectivity index is 2.40. The molecule has 0 saturated heterocycles. The Bertz CT molecular complexity index is 524. The maximum absolute atomic E-state index is 11.7. The average molecular weight is 349 g/mol. The van der Waals surface area contributed by atoms with Crippen LogP contribution >= 0.6 is 22.6 Å². The third kappa shape index (κ3) is 2.29. The number of nitrogen functional groups attached to an aromatic ring is 1. The van der Waals surface area contributed by atoms with Gasteiger partial charge in [-0.1, -0.05) is 22.6 Å². The van der Waals surface area contributed by atoms with Gasteiger partial charge in [0.15, 0.2) is 0 Å². The third-order valence-corrected chi connectivity index (χ3v) is 3.20. The fourth-order valence-electron chi connectivity index (χ4n) is 1.71. The zero-order valence-corrected chi connectivity index (χ0v) is 11.3. The summed E-state index contributed by atoms with van der Waals surface area (Å²) in [5, 5.41) is 10.2. The molecule has 3 N–H and O–H groups in total.